The molecule has 2 nitrogen and oxygen atoms in total. The van der Waals surface area contributed by atoms with Gasteiger partial charge in [-0.05, 0) is 24.1 Å². The summed E-state index contributed by atoms with van der Waals surface area (Å²) in [6, 6.07) is 16.0. The summed E-state index contributed by atoms with van der Waals surface area (Å²) in [4.78, 5) is 0. The molecule has 0 aromatic heterocycles. The number of hydrogen-bond donors (Lipinski definition) is 1. The van der Waals surface area contributed by atoms with Crippen molar-refractivity contribution in [2.75, 3.05) is 7.11 Å². The molecule has 2 aromatic rings. The largest absolute Gasteiger partial charge is 0.496 e. The monoisotopic (exact) mass is 228 g/mol. The number of aliphatic hydroxyl groups excluding tert-OH is 1. The topological polar surface area (TPSA) is 29.5 Å². The lowest BCUT2D eigenvalue weighted by Crippen LogP contribution is -1.96. The highest BCUT2D eigenvalue weighted by atomic mass is 16.5. The van der Waals surface area contributed by atoms with E-state index in [9.17, 15) is 5.11 Å². The minimum Gasteiger partial charge on any atom is -0.496 e. The van der Waals surface area contributed by atoms with Crippen LogP contribution < -0.4 is 4.74 Å². The third-order valence-electron chi connectivity index (χ3n) is 2.79. The first kappa shape index (κ1) is 11.7. The Bertz CT molecular complexity index is 490. The highest BCUT2D eigenvalue weighted by Gasteiger charge is 2.09. The van der Waals surface area contributed by atoms with Crippen molar-refractivity contribution >= 4 is 0 Å². The zero-order valence-corrected chi connectivity index (χ0v) is 10.1. The summed E-state index contributed by atoms with van der Waals surface area (Å²) in [6.07, 6.45) is -0.519. The van der Waals surface area contributed by atoms with Gasteiger partial charge in [0, 0.05) is 5.56 Å². The summed E-state index contributed by atoms with van der Waals surface area (Å²) in [6.45, 7) is 1.74. The van der Waals surface area contributed by atoms with Crippen LogP contribution in [0.1, 0.15) is 18.6 Å². The first-order valence-electron chi connectivity index (χ1n) is 5.64. The van der Waals surface area contributed by atoms with Gasteiger partial charge in [-0.2, -0.15) is 0 Å². The number of rotatable bonds is 3. The third-order valence-corrected chi connectivity index (χ3v) is 2.79. The number of hydrogen-bond acceptors (Lipinski definition) is 2. The zero-order chi connectivity index (χ0) is 12.3. The van der Waals surface area contributed by atoms with E-state index in [1.807, 2.05) is 36.4 Å². The van der Waals surface area contributed by atoms with Crippen molar-refractivity contribution in [2.24, 2.45) is 0 Å². The van der Waals surface area contributed by atoms with Crippen LogP contribution in [0, 0.1) is 0 Å². The van der Waals surface area contributed by atoms with E-state index in [1.165, 1.54) is 0 Å². The van der Waals surface area contributed by atoms with Crippen LogP contribution in [-0.2, 0) is 0 Å². The average Bonchev–Trinajstić information content (AvgIpc) is 2.39. The minimum absolute atomic E-state index is 0.519. The van der Waals surface area contributed by atoms with Gasteiger partial charge in [-0.25, -0.2) is 0 Å². The van der Waals surface area contributed by atoms with Gasteiger partial charge in [-0.3, -0.25) is 0 Å². The molecule has 0 fully saturated rings. The van der Waals surface area contributed by atoms with Gasteiger partial charge in [0.15, 0.2) is 0 Å². The van der Waals surface area contributed by atoms with Crippen LogP contribution >= 0.6 is 0 Å². The van der Waals surface area contributed by atoms with E-state index in [2.05, 4.69) is 12.1 Å². The first-order chi connectivity index (χ1) is 8.22. The molecule has 17 heavy (non-hydrogen) atoms. The van der Waals surface area contributed by atoms with Gasteiger partial charge in [0.2, 0.25) is 0 Å². The van der Waals surface area contributed by atoms with E-state index < -0.39 is 6.10 Å². The fourth-order valence-corrected chi connectivity index (χ4v) is 1.87. The van der Waals surface area contributed by atoms with Gasteiger partial charge in [-0.15, -0.1) is 0 Å². The molecule has 0 heterocycles. The summed E-state index contributed by atoms with van der Waals surface area (Å²) in [5.74, 6) is 0.723. The van der Waals surface area contributed by atoms with Crippen LogP contribution in [-0.4, -0.2) is 12.2 Å². The molecular formula is C15H16O2. The fourth-order valence-electron chi connectivity index (χ4n) is 1.87. The minimum atomic E-state index is -0.519. The van der Waals surface area contributed by atoms with Crippen LogP contribution in [0.5, 0.6) is 5.75 Å². The van der Waals surface area contributed by atoms with Crippen molar-refractivity contribution in [3.63, 3.8) is 0 Å². The Kier molecular flexibility index (Phi) is 3.45. The molecular weight excluding hydrogens is 212 g/mol. The Morgan fingerprint density at radius 3 is 2.29 bits per heavy atom. The maximum absolute atomic E-state index is 9.62. The highest BCUT2D eigenvalue weighted by Crippen LogP contribution is 2.30. The smallest absolute Gasteiger partial charge is 0.125 e. The van der Waals surface area contributed by atoms with Crippen molar-refractivity contribution in [1.82, 2.24) is 0 Å². The van der Waals surface area contributed by atoms with Crippen molar-refractivity contribution in [3.8, 4) is 16.9 Å². The molecule has 0 radical (unpaired) electrons. The van der Waals surface area contributed by atoms with Gasteiger partial charge in [-0.1, -0.05) is 42.5 Å². The molecule has 0 saturated heterocycles. The van der Waals surface area contributed by atoms with E-state index in [0.717, 1.165) is 22.4 Å². The summed E-state index contributed by atoms with van der Waals surface area (Å²) in [5, 5.41) is 9.62. The maximum Gasteiger partial charge on any atom is 0.125 e. The molecule has 0 saturated carbocycles. The molecule has 0 aliphatic rings. The van der Waals surface area contributed by atoms with E-state index in [4.69, 9.17) is 4.74 Å². The Labute approximate surface area is 101 Å². The van der Waals surface area contributed by atoms with Crippen LogP contribution in [0.25, 0.3) is 11.1 Å². The van der Waals surface area contributed by atoms with Gasteiger partial charge in [0.1, 0.15) is 5.75 Å². The molecule has 2 heteroatoms. The number of aliphatic hydroxyl groups is 1. The standard InChI is InChI=1S/C15H16O2/c1-11(16)14-9-8-13(10-15(14)17-2)12-6-4-3-5-7-12/h3-11,16H,1-2H3/t11-/m0/s1. The van der Waals surface area contributed by atoms with Gasteiger partial charge < -0.3 is 9.84 Å². The van der Waals surface area contributed by atoms with Crippen molar-refractivity contribution in [3.05, 3.63) is 54.1 Å². The predicted octanol–water partition coefficient (Wildman–Crippen LogP) is 3.42. The molecule has 0 bridgehead atoms. The third kappa shape index (κ3) is 2.48. The number of benzene rings is 2. The molecule has 2 rings (SSSR count). The van der Waals surface area contributed by atoms with Gasteiger partial charge in [0.05, 0.1) is 13.2 Å². The second-order valence-electron chi connectivity index (χ2n) is 4.00. The van der Waals surface area contributed by atoms with Gasteiger partial charge in [0.25, 0.3) is 0 Å². The summed E-state index contributed by atoms with van der Waals surface area (Å²) >= 11 is 0. The lowest BCUT2D eigenvalue weighted by molar-refractivity contribution is 0.194. The molecule has 2 aromatic carbocycles. The lowest BCUT2D eigenvalue weighted by atomic mass is 10.0. The Morgan fingerprint density at radius 2 is 1.71 bits per heavy atom. The molecule has 0 aliphatic heterocycles. The Hall–Kier alpha value is -1.80. The number of methoxy groups -OCH3 is 1. The van der Waals surface area contributed by atoms with Gasteiger partial charge >= 0.3 is 0 Å². The van der Waals surface area contributed by atoms with E-state index in [-0.39, 0.29) is 0 Å². The molecule has 1 atom stereocenters. The Balaban J connectivity index is 2.45. The maximum atomic E-state index is 9.62. The SMILES string of the molecule is COc1cc(-c2ccccc2)ccc1[C@H](C)O. The van der Waals surface area contributed by atoms with E-state index >= 15 is 0 Å². The van der Waals surface area contributed by atoms with Crippen LogP contribution in [0.15, 0.2) is 48.5 Å². The lowest BCUT2D eigenvalue weighted by Gasteiger charge is -2.12. The molecule has 88 valence electrons. The molecule has 0 aliphatic carbocycles. The second kappa shape index (κ2) is 5.02. The number of ether oxygens (including phenoxy) is 1. The highest BCUT2D eigenvalue weighted by molar-refractivity contribution is 5.66. The van der Waals surface area contributed by atoms with Crippen molar-refractivity contribution in [1.29, 1.82) is 0 Å². The van der Waals surface area contributed by atoms with Crippen LogP contribution in [0.2, 0.25) is 0 Å². The fraction of sp³-hybridized carbons (Fsp3) is 0.200. The molecule has 0 unspecified atom stereocenters. The normalized spacial score (nSPS) is 12.2. The second-order valence-corrected chi connectivity index (χ2v) is 4.00. The van der Waals surface area contributed by atoms with Crippen LogP contribution in [0.4, 0.5) is 0 Å². The zero-order valence-electron chi connectivity index (χ0n) is 10.1. The first-order valence-corrected chi connectivity index (χ1v) is 5.64. The summed E-state index contributed by atoms with van der Waals surface area (Å²) < 4.78 is 5.31. The quantitative estimate of drug-likeness (QED) is 0.872. The van der Waals surface area contributed by atoms with Crippen molar-refractivity contribution < 1.29 is 9.84 Å². The van der Waals surface area contributed by atoms with E-state index in [0.29, 0.717) is 0 Å². The van der Waals surface area contributed by atoms with Crippen molar-refractivity contribution in [2.45, 2.75) is 13.0 Å². The molecule has 0 amide bonds. The average molecular weight is 228 g/mol. The molecule has 1 N–H and O–H groups in total. The molecule has 0 spiro atoms. The predicted molar refractivity (Wildman–Crippen MR) is 69.1 cm³/mol. The van der Waals surface area contributed by atoms with E-state index in [1.54, 1.807) is 14.0 Å². The Morgan fingerprint density at radius 1 is 1.00 bits per heavy atom. The summed E-state index contributed by atoms with van der Waals surface area (Å²) in [5.41, 5.74) is 3.04. The summed E-state index contributed by atoms with van der Waals surface area (Å²) in [7, 11) is 1.62. The van der Waals surface area contributed by atoms with Crippen LogP contribution in [0.3, 0.4) is 0 Å².